The molecule has 0 saturated carbocycles. The Morgan fingerprint density at radius 3 is 2.23 bits per heavy atom. The van der Waals surface area contributed by atoms with E-state index < -0.39 is 29.7 Å². The Morgan fingerprint density at radius 2 is 1.67 bits per heavy atom. The molecule has 0 spiro atoms. The van der Waals surface area contributed by atoms with Gasteiger partial charge in [-0.15, -0.1) is 0 Å². The van der Waals surface area contributed by atoms with Crippen molar-refractivity contribution in [3.05, 3.63) is 44.6 Å². The van der Waals surface area contributed by atoms with Gasteiger partial charge in [-0.3, -0.25) is 19.2 Å². The van der Waals surface area contributed by atoms with Crippen LogP contribution >= 0.6 is 0 Å². The van der Waals surface area contributed by atoms with Gasteiger partial charge in [0.05, 0.1) is 25.9 Å². The number of hydrogen-bond acceptors (Lipinski definition) is 8. The second-order valence-electron chi connectivity index (χ2n) is 6.99. The number of nitrogens with zero attached hydrogens (tertiary/aromatic N) is 2. The maximum atomic E-state index is 12.3. The summed E-state index contributed by atoms with van der Waals surface area (Å²) in [6.45, 7) is 4.97. The van der Waals surface area contributed by atoms with E-state index in [-0.39, 0.29) is 0 Å². The van der Waals surface area contributed by atoms with E-state index in [1.807, 2.05) is 0 Å². The first-order chi connectivity index (χ1) is 14.1. The van der Waals surface area contributed by atoms with E-state index in [2.05, 4.69) is 10.6 Å². The second-order valence-corrected chi connectivity index (χ2v) is 6.99. The fraction of sp³-hybridized carbons (Fsp3) is 0.500. The maximum Gasteiger partial charge on any atom is 0.332 e. The standard InChI is InChI=1S/C20H30N4O6/c1-11-18(23(4)20(27)24(5)19(11)26)22-17(12(2)25)21-13(3)30-14-8-9-15(28-6)16(10-14)29-7/h8-10,12-13,17,21-22,25H,1-7H3. The van der Waals surface area contributed by atoms with Gasteiger partial charge in [-0.25, -0.2) is 4.79 Å². The van der Waals surface area contributed by atoms with Crippen LogP contribution in [0, 0.1) is 6.92 Å². The molecule has 3 unspecified atom stereocenters. The van der Waals surface area contributed by atoms with Crippen molar-refractivity contribution in [2.45, 2.75) is 39.3 Å². The molecule has 10 heteroatoms. The van der Waals surface area contributed by atoms with Crippen LogP contribution in [0.1, 0.15) is 19.4 Å². The SMILES string of the molecule is COc1ccc(OC(C)NC(Nc2c(C)c(=O)n(C)c(=O)n2C)C(C)O)cc1OC. The molecule has 2 rings (SSSR count). The summed E-state index contributed by atoms with van der Waals surface area (Å²) in [4.78, 5) is 24.5. The van der Waals surface area contributed by atoms with Crippen LogP contribution in [-0.4, -0.2) is 47.0 Å². The number of aliphatic hydroxyl groups excluding tert-OH is 1. The van der Waals surface area contributed by atoms with Crippen molar-refractivity contribution < 1.29 is 19.3 Å². The molecular formula is C20H30N4O6. The Morgan fingerprint density at radius 1 is 1.03 bits per heavy atom. The molecular weight excluding hydrogens is 392 g/mol. The van der Waals surface area contributed by atoms with Crippen molar-refractivity contribution in [2.75, 3.05) is 19.5 Å². The third kappa shape index (κ3) is 4.95. The predicted octanol–water partition coefficient (Wildman–Crippen LogP) is 0.543. The van der Waals surface area contributed by atoms with Crippen LogP contribution in [0.3, 0.4) is 0 Å². The molecule has 0 aliphatic carbocycles. The van der Waals surface area contributed by atoms with Crippen molar-refractivity contribution in [3.63, 3.8) is 0 Å². The van der Waals surface area contributed by atoms with Gasteiger partial charge in [0.1, 0.15) is 24.0 Å². The van der Waals surface area contributed by atoms with Crippen LogP contribution in [0.2, 0.25) is 0 Å². The highest BCUT2D eigenvalue weighted by Crippen LogP contribution is 2.31. The van der Waals surface area contributed by atoms with E-state index in [4.69, 9.17) is 14.2 Å². The zero-order chi connectivity index (χ0) is 22.6. The molecule has 0 aliphatic rings. The van der Waals surface area contributed by atoms with Crippen LogP contribution in [-0.2, 0) is 14.1 Å². The lowest BCUT2D eigenvalue weighted by Gasteiger charge is -2.29. The largest absolute Gasteiger partial charge is 0.493 e. The number of rotatable bonds is 9. The van der Waals surface area contributed by atoms with Crippen LogP contribution in [0.15, 0.2) is 27.8 Å². The lowest BCUT2D eigenvalue weighted by atomic mass is 10.2. The van der Waals surface area contributed by atoms with E-state index >= 15 is 0 Å². The number of ether oxygens (including phenoxy) is 3. The minimum atomic E-state index is -0.861. The Balaban J connectivity index is 2.21. The van der Waals surface area contributed by atoms with E-state index in [0.29, 0.717) is 28.6 Å². The number of aromatic nitrogens is 2. The Hall–Kier alpha value is -2.98. The van der Waals surface area contributed by atoms with Crippen LogP contribution in [0.25, 0.3) is 0 Å². The summed E-state index contributed by atoms with van der Waals surface area (Å²) in [5, 5.41) is 16.4. The zero-order valence-electron chi connectivity index (χ0n) is 18.3. The Kier molecular flexibility index (Phi) is 7.52. The Labute approximate surface area is 175 Å². The van der Waals surface area contributed by atoms with Gasteiger partial charge in [-0.2, -0.15) is 0 Å². The molecule has 0 aliphatic heterocycles. The van der Waals surface area contributed by atoms with Crippen LogP contribution < -0.4 is 36.1 Å². The maximum absolute atomic E-state index is 12.3. The van der Waals surface area contributed by atoms with Crippen molar-refractivity contribution in [2.24, 2.45) is 14.1 Å². The van der Waals surface area contributed by atoms with Gasteiger partial charge in [-0.1, -0.05) is 0 Å². The smallest absolute Gasteiger partial charge is 0.332 e. The normalized spacial score (nSPS) is 14.0. The van der Waals surface area contributed by atoms with Crippen LogP contribution in [0.4, 0.5) is 5.82 Å². The minimum absolute atomic E-state index is 0.319. The molecule has 2 aromatic rings. The third-order valence-corrected chi connectivity index (χ3v) is 4.75. The molecule has 1 aromatic carbocycles. The summed E-state index contributed by atoms with van der Waals surface area (Å²) in [6, 6.07) is 5.15. The molecule has 0 bridgehead atoms. The van der Waals surface area contributed by atoms with E-state index in [1.54, 1.807) is 53.1 Å². The van der Waals surface area contributed by atoms with Gasteiger partial charge in [0.25, 0.3) is 5.56 Å². The zero-order valence-corrected chi connectivity index (χ0v) is 18.3. The first-order valence-electron chi connectivity index (χ1n) is 9.46. The number of nitrogens with one attached hydrogen (secondary N) is 2. The summed E-state index contributed by atoms with van der Waals surface area (Å²) in [7, 11) is 6.06. The second kappa shape index (κ2) is 9.68. The van der Waals surface area contributed by atoms with E-state index in [9.17, 15) is 14.7 Å². The van der Waals surface area contributed by atoms with Crippen molar-refractivity contribution in [1.29, 1.82) is 0 Å². The monoisotopic (exact) mass is 422 g/mol. The average Bonchev–Trinajstić information content (AvgIpc) is 2.72. The molecule has 10 nitrogen and oxygen atoms in total. The van der Waals surface area contributed by atoms with Gasteiger partial charge < -0.3 is 24.6 Å². The average molecular weight is 422 g/mol. The minimum Gasteiger partial charge on any atom is -0.493 e. The Bertz CT molecular complexity index is 961. The molecule has 30 heavy (non-hydrogen) atoms. The highest BCUT2D eigenvalue weighted by atomic mass is 16.5. The fourth-order valence-corrected chi connectivity index (χ4v) is 3.05. The topological polar surface area (TPSA) is 116 Å². The highest BCUT2D eigenvalue weighted by Gasteiger charge is 2.22. The quantitative estimate of drug-likeness (QED) is 0.502. The highest BCUT2D eigenvalue weighted by molar-refractivity contribution is 5.46. The van der Waals surface area contributed by atoms with E-state index in [0.717, 1.165) is 4.57 Å². The van der Waals surface area contributed by atoms with Gasteiger partial charge in [0, 0.05) is 20.2 Å². The molecule has 0 saturated heterocycles. The fourth-order valence-electron chi connectivity index (χ4n) is 3.05. The number of hydrogen-bond donors (Lipinski definition) is 3. The number of anilines is 1. The molecule has 3 N–H and O–H groups in total. The first-order valence-corrected chi connectivity index (χ1v) is 9.46. The molecule has 0 fully saturated rings. The number of aliphatic hydroxyl groups is 1. The van der Waals surface area contributed by atoms with Crippen molar-refractivity contribution >= 4 is 5.82 Å². The van der Waals surface area contributed by atoms with Crippen molar-refractivity contribution in [3.8, 4) is 17.2 Å². The lowest BCUT2D eigenvalue weighted by molar-refractivity contribution is 0.105. The summed E-state index contributed by atoms with van der Waals surface area (Å²) in [6.07, 6.45) is -2.09. The first kappa shape index (κ1) is 23.3. The predicted molar refractivity (Wildman–Crippen MR) is 114 cm³/mol. The van der Waals surface area contributed by atoms with Crippen molar-refractivity contribution in [1.82, 2.24) is 14.5 Å². The van der Waals surface area contributed by atoms with Gasteiger partial charge in [0.2, 0.25) is 0 Å². The summed E-state index contributed by atoms with van der Waals surface area (Å²) in [5.74, 6) is 1.96. The summed E-state index contributed by atoms with van der Waals surface area (Å²) < 4.78 is 18.7. The summed E-state index contributed by atoms with van der Waals surface area (Å²) >= 11 is 0. The summed E-state index contributed by atoms with van der Waals surface area (Å²) in [5.41, 5.74) is -0.507. The number of methoxy groups -OCH3 is 2. The van der Waals surface area contributed by atoms with Crippen LogP contribution in [0.5, 0.6) is 17.2 Å². The molecule has 1 aromatic heterocycles. The molecule has 0 amide bonds. The van der Waals surface area contributed by atoms with Gasteiger partial charge in [0.15, 0.2) is 11.5 Å². The number of benzene rings is 1. The molecule has 3 atom stereocenters. The lowest BCUT2D eigenvalue weighted by Crippen LogP contribution is -2.52. The van der Waals surface area contributed by atoms with Gasteiger partial charge in [-0.05, 0) is 32.9 Å². The van der Waals surface area contributed by atoms with E-state index in [1.165, 1.54) is 18.7 Å². The molecule has 166 valence electrons. The molecule has 1 heterocycles. The molecule has 0 radical (unpaired) electrons. The third-order valence-electron chi connectivity index (χ3n) is 4.75. The van der Waals surface area contributed by atoms with Gasteiger partial charge >= 0.3 is 5.69 Å².